The highest BCUT2D eigenvalue weighted by atomic mass is 15.0. The Balaban J connectivity index is 1.71. The van der Waals surface area contributed by atoms with Gasteiger partial charge >= 0.3 is 0 Å². The largest absolute Gasteiger partial charge is 0.386 e. The summed E-state index contributed by atoms with van der Waals surface area (Å²) in [4.78, 5) is 0. The summed E-state index contributed by atoms with van der Waals surface area (Å²) < 4.78 is 0. The lowest BCUT2D eigenvalue weighted by atomic mass is 9.41. The van der Waals surface area contributed by atoms with Crippen molar-refractivity contribution in [1.82, 2.24) is 5.32 Å². The predicted molar refractivity (Wildman–Crippen MR) is 93.5 cm³/mol. The first-order valence-electron chi connectivity index (χ1n) is 9.75. The van der Waals surface area contributed by atoms with Crippen molar-refractivity contribution >= 4 is 0 Å². The van der Waals surface area contributed by atoms with E-state index in [0.29, 0.717) is 22.3 Å². The Bertz CT molecular complexity index is 496. The summed E-state index contributed by atoms with van der Waals surface area (Å²) in [5, 5.41) is 3.79. The summed E-state index contributed by atoms with van der Waals surface area (Å²) >= 11 is 0. The first-order valence-corrected chi connectivity index (χ1v) is 9.75. The molecule has 1 saturated heterocycles. The average molecular weight is 302 g/mol. The Kier molecular flexibility index (Phi) is 3.12. The van der Waals surface area contributed by atoms with Crippen molar-refractivity contribution in [3.63, 3.8) is 0 Å². The third-order valence-electron chi connectivity index (χ3n) is 9.28. The zero-order valence-corrected chi connectivity index (χ0v) is 15.2. The molecule has 0 spiro atoms. The van der Waals surface area contributed by atoms with Crippen molar-refractivity contribution in [2.75, 3.05) is 0 Å². The van der Waals surface area contributed by atoms with Crippen LogP contribution in [0.15, 0.2) is 12.3 Å². The molecule has 3 saturated carbocycles. The third kappa shape index (κ3) is 1.72. The lowest BCUT2D eigenvalue weighted by Gasteiger charge is -2.65. The van der Waals surface area contributed by atoms with Gasteiger partial charge in [0.2, 0.25) is 0 Å². The van der Waals surface area contributed by atoms with Crippen LogP contribution in [0.3, 0.4) is 0 Å². The van der Waals surface area contributed by atoms with Gasteiger partial charge in [-0.05, 0) is 85.4 Å². The molecule has 0 aromatic carbocycles. The van der Waals surface area contributed by atoms with Crippen molar-refractivity contribution in [1.29, 1.82) is 0 Å². The SMILES string of the molecule is C=C1CCC2(C)C(CCC3(C)C4CCC(C)C4(C)CCC23)N1. The van der Waals surface area contributed by atoms with Crippen LogP contribution in [0.25, 0.3) is 0 Å². The molecule has 4 aliphatic rings. The Labute approximate surface area is 137 Å². The fourth-order valence-electron chi connectivity index (χ4n) is 7.73. The lowest BCUT2D eigenvalue weighted by Crippen LogP contribution is -2.62. The van der Waals surface area contributed by atoms with E-state index in [4.69, 9.17) is 0 Å². The van der Waals surface area contributed by atoms with Crippen molar-refractivity contribution in [2.45, 2.75) is 85.1 Å². The Morgan fingerprint density at radius 2 is 1.55 bits per heavy atom. The second-order valence-electron chi connectivity index (χ2n) is 9.98. The first-order chi connectivity index (χ1) is 10.3. The molecular weight excluding hydrogens is 266 g/mol. The third-order valence-corrected chi connectivity index (χ3v) is 9.28. The van der Waals surface area contributed by atoms with E-state index in [1.807, 2.05) is 0 Å². The van der Waals surface area contributed by atoms with Gasteiger partial charge in [0.05, 0.1) is 0 Å². The van der Waals surface area contributed by atoms with Crippen LogP contribution in [0.5, 0.6) is 0 Å². The smallest absolute Gasteiger partial charge is 0.0314 e. The van der Waals surface area contributed by atoms with E-state index in [9.17, 15) is 0 Å². The van der Waals surface area contributed by atoms with Crippen molar-refractivity contribution in [3.05, 3.63) is 12.3 Å². The summed E-state index contributed by atoms with van der Waals surface area (Å²) in [6.07, 6.45) is 11.3. The Hall–Kier alpha value is -0.460. The molecule has 0 radical (unpaired) electrons. The fourth-order valence-corrected chi connectivity index (χ4v) is 7.73. The maximum atomic E-state index is 4.22. The molecule has 1 heterocycles. The van der Waals surface area contributed by atoms with Gasteiger partial charge < -0.3 is 5.32 Å². The van der Waals surface area contributed by atoms with Gasteiger partial charge in [-0.3, -0.25) is 0 Å². The molecule has 0 amide bonds. The summed E-state index contributed by atoms with van der Waals surface area (Å²) in [6.45, 7) is 14.7. The highest BCUT2D eigenvalue weighted by Crippen LogP contribution is 2.70. The standard InChI is InChI=1S/C21H35N/c1-14-6-7-16-19(14,3)12-9-17-20(16,4)13-10-18-21(17,5)11-8-15(2)22-18/h14,16-18,22H,2,6-13H2,1,3-5H3. The van der Waals surface area contributed by atoms with Gasteiger partial charge in [0.25, 0.3) is 0 Å². The molecular formula is C21H35N. The molecule has 7 unspecified atom stereocenters. The molecule has 0 aromatic rings. The fraction of sp³-hybridized carbons (Fsp3) is 0.905. The minimum atomic E-state index is 0.501. The zero-order valence-electron chi connectivity index (χ0n) is 15.2. The van der Waals surface area contributed by atoms with Crippen LogP contribution in [0, 0.1) is 34.0 Å². The van der Waals surface area contributed by atoms with Crippen molar-refractivity contribution < 1.29 is 0 Å². The molecule has 0 bridgehead atoms. The minimum absolute atomic E-state index is 0.501. The predicted octanol–water partition coefficient (Wildman–Crippen LogP) is 5.52. The minimum Gasteiger partial charge on any atom is -0.386 e. The summed E-state index contributed by atoms with van der Waals surface area (Å²) in [6, 6.07) is 0.690. The molecule has 0 aromatic heterocycles. The number of allylic oxidation sites excluding steroid dienone is 1. The van der Waals surface area contributed by atoms with Crippen LogP contribution in [0.2, 0.25) is 0 Å². The quantitative estimate of drug-likeness (QED) is 0.621. The Morgan fingerprint density at radius 3 is 2.32 bits per heavy atom. The first kappa shape index (κ1) is 15.1. The van der Waals surface area contributed by atoms with Gasteiger partial charge in [0, 0.05) is 11.7 Å². The molecule has 1 N–H and O–H groups in total. The van der Waals surface area contributed by atoms with E-state index in [2.05, 4.69) is 39.6 Å². The maximum absolute atomic E-state index is 4.22. The molecule has 22 heavy (non-hydrogen) atoms. The van der Waals surface area contributed by atoms with Crippen molar-refractivity contribution in [2.24, 2.45) is 34.0 Å². The molecule has 1 aliphatic heterocycles. The molecule has 1 nitrogen and oxygen atoms in total. The number of fused-ring (bicyclic) bond motifs is 5. The highest BCUT2D eigenvalue weighted by molar-refractivity contribution is 5.17. The number of piperidine rings is 1. The topological polar surface area (TPSA) is 12.0 Å². The van der Waals surface area contributed by atoms with Crippen LogP contribution in [0.1, 0.15) is 79.1 Å². The van der Waals surface area contributed by atoms with E-state index >= 15 is 0 Å². The van der Waals surface area contributed by atoms with Gasteiger partial charge in [-0.1, -0.05) is 34.3 Å². The Morgan fingerprint density at radius 1 is 0.864 bits per heavy atom. The summed E-state index contributed by atoms with van der Waals surface area (Å²) in [5.74, 6) is 2.82. The van der Waals surface area contributed by atoms with E-state index in [0.717, 1.165) is 17.8 Å². The second-order valence-corrected chi connectivity index (χ2v) is 9.98. The molecule has 7 atom stereocenters. The van der Waals surface area contributed by atoms with Crippen LogP contribution in [-0.4, -0.2) is 6.04 Å². The molecule has 1 heteroatoms. The van der Waals surface area contributed by atoms with Gasteiger partial charge in [-0.25, -0.2) is 0 Å². The molecule has 3 aliphatic carbocycles. The van der Waals surface area contributed by atoms with E-state index in [-0.39, 0.29) is 0 Å². The van der Waals surface area contributed by atoms with Gasteiger partial charge in [0.15, 0.2) is 0 Å². The molecule has 124 valence electrons. The normalized spacial score (nSPS) is 57.5. The number of rotatable bonds is 0. The van der Waals surface area contributed by atoms with Gasteiger partial charge in [-0.15, -0.1) is 0 Å². The van der Waals surface area contributed by atoms with Crippen LogP contribution in [0.4, 0.5) is 0 Å². The zero-order chi connectivity index (χ0) is 15.8. The van der Waals surface area contributed by atoms with Crippen LogP contribution in [-0.2, 0) is 0 Å². The van der Waals surface area contributed by atoms with Gasteiger partial charge in [-0.2, -0.15) is 0 Å². The van der Waals surface area contributed by atoms with Crippen LogP contribution < -0.4 is 5.32 Å². The number of hydrogen-bond acceptors (Lipinski definition) is 1. The molecule has 4 rings (SSSR count). The maximum Gasteiger partial charge on any atom is 0.0314 e. The average Bonchev–Trinajstić information content (AvgIpc) is 2.77. The number of nitrogens with one attached hydrogen (secondary N) is 1. The molecule has 4 fully saturated rings. The van der Waals surface area contributed by atoms with E-state index in [1.165, 1.54) is 57.1 Å². The van der Waals surface area contributed by atoms with Crippen molar-refractivity contribution in [3.8, 4) is 0 Å². The monoisotopic (exact) mass is 301 g/mol. The summed E-state index contributed by atoms with van der Waals surface area (Å²) in [7, 11) is 0. The second kappa shape index (κ2) is 4.54. The van der Waals surface area contributed by atoms with Gasteiger partial charge in [0.1, 0.15) is 0 Å². The van der Waals surface area contributed by atoms with E-state index < -0.39 is 0 Å². The van der Waals surface area contributed by atoms with Crippen LogP contribution >= 0.6 is 0 Å². The number of hydrogen-bond donors (Lipinski definition) is 1. The highest BCUT2D eigenvalue weighted by Gasteiger charge is 2.64. The van der Waals surface area contributed by atoms with E-state index in [1.54, 1.807) is 0 Å². The lowest BCUT2D eigenvalue weighted by molar-refractivity contribution is -0.147. The summed E-state index contributed by atoms with van der Waals surface area (Å²) in [5.41, 5.74) is 3.01.